The lowest BCUT2D eigenvalue weighted by Gasteiger charge is -2.35. The Labute approximate surface area is 196 Å². The number of piperazine rings is 1. The molecule has 0 bridgehead atoms. The first-order valence-corrected chi connectivity index (χ1v) is 11.3. The first-order chi connectivity index (χ1) is 16.5. The highest BCUT2D eigenvalue weighted by atomic mass is 16.2. The highest BCUT2D eigenvalue weighted by Crippen LogP contribution is 2.17. The molecule has 1 fully saturated rings. The van der Waals surface area contributed by atoms with Crippen LogP contribution in [-0.4, -0.2) is 51.5 Å². The molecule has 0 atom stereocenters. The highest BCUT2D eigenvalue weighted by Gasteiger charge is 2.23. The molecule has 0 aliphatic carbocycles. The van der Waals surface area contributed by atoms with Crippen molar-refractivity contribution in [3.8, 4) is 0 Å². The predicted octanol–water partition coefficient (Wildman–Crippen LogP) is 2.40. The number of aryl methyl sites for hydroxylation is 1. The molecule has 1 amide bonds. The Bertz CT molecular complexity index is 1470. The van der Waals surface area contributed by atoms with Crippen LogP contribution in [0.1, 0.15) is 21.5 Å². The van der Waals surface area contributed by atoms with E-state index in [-0.39, 0.29) is 18.0 Å². The molecule has 1 N–H and O–H groups in total. The van der Waals surface area contributed by atoms with Gasteiger partial charge in [0.15, 0.2) is 0 Å². The van der Waals surface area contributed by atoms with Crippen molar-refractivity contribution in [1.82, 2.24) is 19.4 Å². The van der Waals surface area contributed by atoms with E-state index in [0.29, 0.717) is 29.6 Å². The number of hydrogen-bond acceptors (Lipinski definition) is 5. The Kier molecular flexibility index (Phi) is 5.71. The summed E-state index contributed by atoms with van der Waals surface area (Å²) >= 11 is 0. The van der Waals surface area contributed by atoms with E-state index in [9.17, 15) is 14.4 Å². The van der Waals surface area contributed by atoms with Crippen LogP contribution < -0.4 is 16.1 Å². The van der Waals surface area contributed by atoms with Crippen molar-refractivity contribution in [2.24, 2.45) is 0 Å². The number of anilines is 1. The maximum Gasteiger partial charge on any atom is 0.329 e. The van der Waals surface area contributed by atoms with Crippen LogP contribution in [0.25, 0.3) is 10.9 Å². The lowest BCUT2D eigenvalue weighted by molar-refractivity contribution is 0.0746. The number of hydrogen-bond donors (Lipinski definition) is 1. The molecule has 0 saturated carbocycles. The topological polar surface area (TPSA) is 91.3 Å². The molecule has 0 spiro atoms. The molecule has 0 radical (unpaired) electrons. The Morgan fingerprint density at radius 2 is 1.76 bits per heavy atom. The average molecular weight is 456 g/mol. The number of carbonyl (C=O) groups excluding carboxylic acids is 1. The second kappa shape index (κ2) is 8.97. The van der Waals surface area contributed by atoms with Crippen LogP contribution >= 0.6 is 0 Å². The average Bonchev–Trinajstić information content (AvgIpc) is 2.87. The summed E-state index contributed by atoms with van der Waals surface area (Å²) in [5, 5.41) is 0.500. The smallest absolute Gasteiger partial charge is 0.329 e. The number of carbonyl (C=O) groups is 1. The lowest BCUT2D eigenvalue weighted by atomic mass is 10.1. The van der Waals surface area contributed by atoms with Crippen LogP contribution in [0.15, 0.2) is 76.4 Å². The highest BCUT2D eigenvalue weighted by molar-refractivity contribution is 5.94. The van der Waals surface area contributed by atoms with E-state index in [2.05, 4.69) is 14.9 Å². The van der Waals surface area contributed by atoms with Gasteiger partial charge >= 0.3 is 5.69 Å². The number of amides is 1. The van der Waals surface area contributed by atoms with Crippen molar-refractivity contribution in [1.29, 1.82) is 0 Å². The molecular weight excluding hydrogens is 430 g/mol. The van der Waals surface area contributed by atoms with Crippen molar-refractivity contribution in [3.05, 3.63) is 104 Å². The van der Waals surface area contributed by atoms with Crippen LogP contribution in [0.4, 0.5) is 5.82 Å². The third-order valence-electron chi connectivity index (χ3n) is 6.29. The molecular formula is C26H25N5O3. The normalized spacial score (nSPS) is 13.9. The third kappa shape index (κ3) is 4.10. The zero-order chi connectivity index (χ0) is 23.7. The van der Waals surface area contributed by atoms with Gasteiger partial charge in [0.2, 0.25) is 0 Å². The summed E-state index contributed by atoms with van der Waals surface area (Å²) < 4.78 is 1.54. The molecule has 34 heavy (non-hydrogen) atoms. The fourth-order valence-corrected chi connectivity index (χ4v) is 4.51. The van der Waals surface area contributed by atoms with Gasteiger partial charge in [0.1, 0.15) is 5.82 Å². The number of benzene rings is 2. The summed E-state index contributed by atoms with van der Waals surface area (Å²) in [7, 11) is 0. The van der Waals surface area contributed by atoms with Crippen molar-refractivity contribution in [2.75, 3.05) is 31.1 Å². The number of pyridine rings is 1. The Balaban J connectivity index is 1.36. The fourth-order valence-electron chi connectivity index (χ4n) is 4.51. The van der Waals surface area contributed by atoms with Crippen LogP contribution in [0, 0.1) is 6.92 Å². The van der Waals surface area contributed by atoms with Crippen LogP contribution in [0.5, 0.6) is 0 Å². The summed E-state index contributed by atoms with van der Waals surface area (Å²) in [4.78, 5) is 49.0. The minimum Gasteiger partial charge on any atom is -0.353 e. The number of aromatic nitrogens is 3. The summed E-state index contributed by atoms with van der Waals surface area (Å²) in [6.07, 6.45) is 1.77. The zero-order valence-corrected chi connectivity index (χ0v) is 18.9. The molecule has 2 aromatic carbocycles. The number of aromatic amines is 1. The van der Waals surface area contributed by atoms with Crippen molar-refractivity contribution in [3.63, 3.8) is 0 Å². The van der Waals surface area contributed by atoms with Gasteiger partial charge < -0.3 is 9.80 Å². The predicted molar refractivity (Wildman–Crippen MR) is 131 cm³/mol. The second-order valence-corrected chi connectivity index (χ2v) is 8.48. The van der Waals surface area contributed by atoms with Gasteiger partial charge in [-0.1, -0.05) is 30.3 Å². The Hall–Kier alpha value is -4.20. The molecule has 2 aromatic heterocycles. The monoisotopic (exact) mass is 455 g/mol. The van der Waals surface area contributed by atoms with E-state index in [0.717, 1.165) is 30.0 Å². The van der Waals surface area contributed by atoms with Crippen LogP contribution in [-0.2, 0) is 6.54 Å². The maximum absolute atomic E-state index is 13.2. The number of fused-ring (bicyclic) bond motifs is 1. The second-order valence-electron chi connectivity index (χ2n) is 8.48. The molecule has 8 heteroatoms. The van der Waals surface area contributed by atoms with Gasteiger partial charge in [0.05, 0.1) is 17.4 Å². The Morgan fingerprint density at radius 3 is 2.53 bits per heavy atom. The van der Waals surface area contributed by atoms with Crippen LogP contribution in [0.2, 0.25) is 0 Å². The number of nitrogens with one attached hydrogen (secondary N) is 1. The van der Waals surface area contributed by atoms with Gasteiger partial charge in [-0.2, -0.15) is 0 Å². The fraction of sp³-hybridized carbons (Fsp3) is 0.231. The van der Waals surface area contributed by atoms with E-state index < -0.39 is 5.69 Å². The van der Waals surface area contributed by atoms with Crippen molar-refractivity contribution in [2.45, 2.75) is 13.5 Å². The molecule has 1 aliphatic heterocycles. The standard InChI is InChI=1S/C26H25N5O3/c1-18-6-4-9-21-23(18)24(32)28-26(34)31(21)17-19-7-5-8-20(16-19)25(33)30-14-12-29(13-15-30)22-10-2-3-11-27-22/h2-11,16H,12-15,17H2,1H3,(H,28,32,34). The minimum absolute atomic E-state index is 0.0305. The molecule has 5 rings (SSSR count). The van der Waals surface area contributed by atoms with Gasteiger partial charge in [-0.05, 0) is 48.4 Å². The molecule has 3 heterocycles. The summed E-state index contributed by atoms with van der Waals surface area (Å²) in [6, 6.07) is 18.6. The van der Waals surface area contributed by atoms with Gasteiger partial charge in [-0.3, -0.25) is 19.1 Å². The number of rotatable bonds is 4. The molecule has 0 unspecified atom stereocenters. The van der Waals surface area contributed by atoms with E-state index >= 15 is 0 Å². The molecule has 4 aromatic rings. The molecule has 172 valence electrons. The van der Waals surface area contributed by atoms with Crippen LogP contribution in [0.3, 0.4) is 0 Å². The van der Waals surface area contributed by atoms with Gasteiger partial charge in [0.25, 0.3) is 11.5 Å². The summed E-state index contributed by atoms with van der Waals surface area (Å²) in [6.45, 7) is 4.77. The van der Waals surface area contributed by atoms with Crippen molar-refractivity contribution < 1.29 is 4.79 Å². The van der Waals surface area contributed by atoms with Gasteiger partial charge in [0, 0.05) is 37.9 Å². The largest absolute Gasteiger partial charge is 0.353 e. The van der Waals surface area contributed by atoms with Crippen molar-refractivity contribution >= 4 is 22.6 Å². The maximum atomic E-state index is 13.2. The van der Waals surface area contributed by atoms with E-state index in [1.54, 1.807) is 22.9 Å². The minimum atomic E-state index is -0.467. The zero-order valence-electron chi connectivity index (χ0n) is 18.9. The Morgan fingerprint density at radius 1 is 0.971 bits per heavy atom. The summed E-state index contributed by atoms with van der Waals surface area (Å²) in [5.41, 5.74) is 1.93. The molecule has 8 nitrogen and oxygen atoms in total. The quantitative estimate of drug-likeness (QED) is 0.510. The first kappa shape index (κ1) is 21.6. The van der Waals surface area contributed by atoms with Gasteiger partial charge in [-0.25, -0.2) is 9.78 Å². The SMILES string of the molecule is Cc1cccc2c1c(=O)[nH]c(=O)n2Cc1cccc(C(=O)N2CCN(c3ccccn3)CC2)c1. The van der Waals surface area contributed by atoms with Gasteiger partial charge in [-0.15, -0.1) is 0 Å². The first-order valence-electron chi connectivity index (χ1n) is 11.3. The molecule has 1 aliphatic rings. The third-order valence-corrected chi connectivity index (χ3v) is 6.29. The number of H-pyrrole nitrogens is 1. The number of nitrogens with zero attached hydrogens (tertiary/aromatic N) is 4. The van der Waals surface area contributed by atoms with E-state index in [1.165, 1.54) is 0 Å². The van der Waals surface area contributed by atoms with E-state index in [4.69, 9.17) is 0 Å². The lowest BCUT2D eigenvalue weighted by Crippen LogP contribution is -2.49. The summed E-state index contributed by atoms with van der Waals surface area (Å²) in [5.74, 6) is 0.891. The van der Waals surface area contributed by atoms with E-state index in [1.807, 2.05) is 60.4 Å². The molecule has 1 saturated heterocycles.